The van der Waals surface area contributed by atoms with Gasteiger partial charge in [-0.3, -0.25) is 4.79 Å². The minimum Gasteiger partial charge on any atom is -0.497 e. The summed E-state index contributed by atoms with van der Waals surface area (Å²) in [6, 6.07) is 7.26. The van der Waals surface area contributed by atoms with Crippen LogP contribution in [-0.4, -0.2) is 38.5 Å². The summed E-state index contributed by atoms with van der Waals surface area (Å²) in [6.45, 7) is 3.91. The molecule has 1 saturated heterocycles. The molecule has 0 N–H and O–H groups in total. The van der Waals surface area contributed by atoms with Gasteiger partial charge in [-0.1, -0.05) is 18.7 Å². The lowest BCUT2D eigenvalue weighted by molar-refractivity contribution is -0.144. The fourth-order valence-corrected chi connectivity index (χ4v) is 3.14. The molecule has 1 unspecified atom stereocenters. The van der Waals surface area contributed by atoms with E-state index in [0.717, 1.165) is 11.3 Å². The van der Waals surface area contributed by atoms with Crippen LogP contribution in [0.2, 0.25) is 0 Å². The summed E-state index contributed by atoms with van der Waals surface area (Å²) in [5.74, 6) is 0.970. The van der Waals surface area contributed by atoms with Gasteiger partial charge in [0.1, 0.15) is 23.7 Å². The molecule has 1 aromatic rings. The van der Waals surface area contributed by atoms with Crippen molar-refractivity contribution in [2.75, 3.05) is 20.8 Å². The second-order valence-corrected chi connectivity index (χ2v) is 5.68. The van der Waals surface area contributed by atoms with Crippen molar-refractivity contribution in [2.24, 2.45) is 5.92 Å². The van der Waals surface area contributed by atoms with Crippen molar-refractivity contribution >= 4 is 5.78 Å². The summed E-state index contributed by atoms with van der Waals surface area (Å²) >= 11 is 0. The number of methoxy groups -OCH3 is 2. The van der Waals surface area contributed by atoms with E-state index in [9.17, 15) is 4.79 Å². The average Bonchev–Trinajstić information content (AvgIpc) is 3.09. The Morgan fingerprint density at radius 2 is 1.96 bits per heavy atom. The number of rotatable bonds is 6. The molecule has 0 aromatic heterocycles. The van der Waals surface area contributed by atoms with Gasteiger partial charge in [-0.25, -0.2) is 0 Å². The topological polar surface area (TPSA) is 54.0 Å². The van der Waals surface area contributed by atoms with Gasteiger partial charge in [0, 0.05) is 7.11 Å². The normalized spacial score (nSPS) is 29.8. The molecule has 126 valence electrons. The zero-order valence-corrected chi connectivity index (χ0v) is 13.7. The van der Waals surface area contributed by atoms with Crippen LogP contribution in [0.4, 0.5) is 0 Å². The van der Waals surface area contributed by atoms with Gasteiger partial charge in [0.25, 0.3) is 0 Å². The Hall–Kier alpha value is -2.37. The standard InChI is InChI=1S/C19H20O5/c1-4-5-15-17-16(20)10-11-19(17,24-18(15)22-3)12-23-14-8-6-13(21-2)7-9-14/h4-11,17-18H,1,12H2,2-3H3/b15-5+/t17-,18?,19-/m1/s1. The number of carbonyl (C=O) groups is 1. The van der Waals surface area contributed by atoms with Crippen molar-refractivity contribution in [3.8, 4) is 11.5 Å². The third kappa shape index (κ3) is 2.77. The SMILES string of the molecule is C=C/C=C1/C(OC)O[C@@]2(COc3ccc(OC)cc3)C=CC(=O)[C@@H]12. The number of hydrogen-bond donors (Lipinski definition) is 0. The van der Waals surface area contributed by atoms with Gasteiger partial charge in [-0.15, -0.1) is 0 Å². The van der Waals surface area contributed by atoms with Crippen LogP contribution in [0.5, 0.6) is 11.5 Å². The summed E-state index contributed by atoms with van der Waals surface area (Å²) in [7, 11) is 3.16. The molecule has 5 nitrogen and oxygen atoms in total. The lowest BCUT2D eigenvalue weighted by atomic mass is 9.86. The Morgan fingerprint density at radius 3 is 2.58 bits per heavy atom. The number of benzene rings is 1. The van der Waals surface area contributed by atoms with Crippen molar-refractivity contribution in [1.82, 2.24) is 0 Å². The smallest absolute Gasteiger partial charge is 0.181 e. The van der Waals surface area contributed by atoms with Gasteiger partial charge in [0.15, 0.2) is 12.1 Å². The molecule has 3 atom stereocenters. The van der Waals surface area contributed by atoms with Crippen molar-refractivity contribution in [2.45, 2.75) is 11.9 Å². The fourth-order valence-electron chi connectivity index (χ4n) is 3.14. The second-order valence-electron chi connectivity index (χ2n) is 5.68. The highest BCUT2D eigenvalue weighted by Crippen LogP contribution is 2.46. The summed E-state index contributed by atoms with van der Waals surface area (Å²) in [5.41, 5.74) is -0.0900. The van der Waals surface area contributed by atoms with E-state index in [-0.39, 0.29) is 12.4 Å². The largest absolute Gasteiger partial charge is 0.497 e. The minimum absolute atomic E-state index is 0.0130. The van der Waals surface area contributed by atoms with E-state index in [1.165, 1.54) is 0 Å². The highest BCUT2D eigenvalue weighted by atomic mass is 16.7. The van der Waals surface area contributed by atoms with Gasteiger partial charge >= 0.3 is 0 Å². The number of fused-ring (bicyclic) bond motifs is 1. The fraction of sp³-hybridized carbons (Fsp3) is 0.316. The summed E-state index contributed by atoms with van der Waals surface area (Å²) < 4.78 is 22.4. The van der Waals surface area contributed by atoms with E-state index in [1.54, 1.807) is 38.5 Å². The van der Waals surface area contributed by atoms with Crippen molar-refractivity contribution in [1.29, 1.82) is 0 Å². The number of hydrogen-bond acceptors (Lipinski definition) is 5. The van der Waals surface area contributed by atoms with Gasteiger partial charge in [-0.05, 0) is 42.0 Å². The molecule has 24 heavy (non-hydrogen) atoms. The Kier molecular flexibility index (Phi) is 4.55. The first kappa shape index (κ1) is 16.5. The second kappa shape index (κ2) is 6.63. The van der Waals surface area contributed by atoms with Crippen LogP contribution in [0, 0.1) is 5.92 Å². The van der Waals surface area contributed by atoms with E-state index >= 15 is 0 Å². The van der Waals surface area contributed by atoms with Crippen molar-refractivity contribution < 1.29 is 23.7 Å². The van der Waals surface area contributed by atoms with Gasteiger partial charge < -0.3 is 18.9 Å². The minimum atomic E-state index is -0.855. The van der Waals surface area contributed by atoms with E-state index in [2.05, 4.69) is 6.58 Å². The summed E-state index contributed by atoms with van der Waals surface area (Å²) in [5, 5.41) is 0. The molecule has 1 aromatic carbocycles. The van der Waals surface area contributed by atoms with Gasteiger partial charge in [0.2, 0.25) is 0 Å². The monoisotopic (exact) mass is 328 g/mol. The van der Waals surface area contributed by atoms with Crippen LogP contribution in [-0.2, 0) is 14.3 Å². The molecule has 0 radical (unpaired) electrons. The molecular weight excluding hydrogens is 308 g/mol. The quantitative estimate of drug-likeness (QED) is 0.804. The highest BCUT2D eigenvalue weighted by molar-refractivity contribution is 5.98. The molecule has 0 bridgehead atoms. The predicted octanol–water partition coefficient (Wildman–Crippen LogP) is 2.68. The van der Waals surface area contributed by atoms with Crippen LogP contribution < -0.4 is 9.47 Å². The number of allylic oxidation sites excluding steroid dienone is 3. The Balaban J connectivity index is 1.82. The Labute approximate surface area is 141 Å². The van der Waals surface area contributed by atoms with Crippen LogP contribution in [0.25, 0.3) is 0 Å². The number of ketones is 1. The molecule has 1 heterocycles. The first-order valence-electron chi connectivity index (χ1n) is 7.66. The number of carbonyl (C=O) groups excluding carboxylic acids is 1. The first-order valence-corrected chi connectivity index (χ1v) is 7.66. The van der Waals surface area contributed by atoms with Crippen molar-refractivity contribution in [3.05, 3.63) is 60.7 Å². The summed E-state index contributed by atoms with van der Waals surface area (Å²) in [6.07, 6.45) is 6.14. The van der Waals surface area contributed by atoms with Crippen molar-refractivity contribution in [3.63, 3.8) is 0 Å². The average molecular weight is 328 g/mol. The zero-order valence-electron chi connectivity index (χ0n) is 13.7. The molecule has 2 aliphatic rings. The Morgan fingerprint density at radius 1 is 1.25 bits per heavy atom. The molecule has 0 spiro atoms. The molecule has 0 saturated carbocycles. The molecule has 3 rings (SSSR count). The lowest BCUT2D eigenvalue weighted by Gasteiger charge is -2.26. The molecule has 1 aliphatic carbocycles. The molecular formula is C19H20O5. The van der Waals surface area contributed by atoms with E-state index in [4.69, 9.17) is 18.9 Å². The molecule has 1 aliphatic heterocycles. The van der Waals surface area contributed by atoms with Gasteiger partial charge in [0.05, 0.1) is 13.0 Å². The van der Waals surface area contributed by atoms with Crippen LogP contribution in [0.15, 0.2) is 60.7 Å². The molecule has 5 heteroatoms. The number of ether oxygens (including phenoxy) is 4. The van der Waals surface area contributed by atoms with E-state index < -0.39 is 17.8 Å². The molecule has 0 amide bonds. The maximum atomic E-state index is 12.3. The van der Waals surface area contributed by atoms with E-state index in [1.807, 2.05) is 24.3 Å². The third-order valence-corrected chi connectivity index (χ3v) is 4.28. The molecule has 1 fully saturated rings. The van der Waals surface area contributed by atoms with Crippen LogP contribution >= 0.6 is 0 Å². The van der Waals surface area contributed by atoms with E-state index in [0.29, 0.717) is 5.75 Å². The van der Waals surface area contributed by atoms with Crippen LogP contribution in [0.3, 0.4) is 0 Å². The Bertz CT molecular complexity index is 688. The zero-order chi connectivity index (χ0) is 17.2. The predicted molar refractivity (Wildman–Crippen MR) is 89.0 cm³/mol. The van der Waals surface area contributed by atoms with Gasteiger partial charge in [-0.2, -0.15) is 0 Å². The first-order chi connectivity index (χ1) is 11.6. The maximum absolute atomic E-state index is 12.3. The highest BCUT2D eigenvalue weighted by Gasteiger charge is 2.56. The maximum Gasteiger partial charge on any atom is 0.181 e. The summed E-state index contributed by atoms with van der Waals surface area (Å²) in [4.78, 5) is 12.3. The van der Waals surface area contributed by atoms with Crippen LogP contribution in [0.1, 0.15) is 0 Å². The lowest BCUT2D eigenvalue weighted by Crippen LogP contribution is -2.39. The third-order valence-electron chi connectivity index (χ3n) is 4.28.